The lowest BCUT2D eigenvalue weighted by atomic mass is 10.1. The first-order valence-electron chi connectivity index (χ1n) is 10.2. The number of piperidine rings is 1. The van der Waals surface area contributed by atoms with E-state index in [1.807, 2.05) is 23.1 Å². The molecule has 0 atom stereocenters. The minimum atomic E-state index is 0.0299. The van der Waals surface area contributed by atoms with Crippen LogP contribution in [-0.4, -0.2) is 40.8 Å². The van der Waals surface area contributed by atoms with E-state index in [1.165, 1.54) is 6.42 Å². The molecule has 1 N–H and O–H groups in total. The summed E-state index contributed by atoms with van der Waals surface area (Å²) < 4.78 is 16.1. The number of fused-ring (bicyclic) bond motifs is 1. The number of benzene rings is 2. The van der Waals surface area contributed by atoms with Gasteiger partial charge in [-0.05, 0) is 55.7 Å². The van der Waals surface area contributed by atoms with Gasteiger partial charge in [0, 0.05) is 24.2 Å². The van der Waals surface area contributed by atoms with Gasteiger partial charge in [0.1, 0.15) is 0 Å². The number of likely N-dealkylation sites (tertiary alicyclic amines) is 1. The predicted molar refractivity (Wildman–Crippen MR) is 114 cm³/mol. The molecule has 0 aliphatic carbocycles. The zero-order valence-corrected chi connectivity index (χ0v) is 17.5. The normalized spacial score (nSPS) is 15.2. The molecule has 0 radical (unpaired) electrons. The lowest BCUT2D eigenvalue weighted by Gasteiger charge is -2.27. The van der Waals surface area contributed by atoms with Crippen LogP contribution in [0.1, 0.15) is 35.5 Å². The Morgan fingerprint density at radius 2 is 1.90 bits per heavy atom. The highest BCUT2D eigenvalue weighted by Gasteiger charge is 2.20. The van der Waals surface area contributed by atoms with E-state index in [0.717, 1.165) is 31.5 Å². The number of carbonyl (C=O) groups excluding carboxylic acids is 1. The number of hydrogen-bond acceptors (Lipinski definition) is 7. The summed E-state index contributed by atoms with van der Waals surface area (Å²) in [5.41, 5.74) is 2.03. The molecule has 0 bridgehead atoms. The molecule has 8 nitrogen and oxygen atoms in total. The topological polar surface area (TPSA) is 89.7 Å². The number of carbonyl (C=O) groups is 1. The van der Waals surface area contributed by atoms with Crippen LogP contribution in [0.3, 0.4) is 0 Å². The minimum Gasteiger partial charge on any atom is -0.454 e. The lowest BCUT2D eigenvalue weighted by Crippen LogP contribution is -2.35. The Bertz CT molecular complexity index is 1110. The summed E-state index contributed by atoms with van der Waals surface area (Å²) in [6.45, 7) is 2.09. The molecule has 0 unspecified atom stereocenters. The van der Waals surface area contributed by atoms with Crippen LogP contribution in [0, 0.1) is 0 Å². The SMILES string of the molecule is O=C(c1ccc(Cl)c(NCc2nc(-c3ccc4c(c3)OCO4)no2)c1)N1CCCCC1. The molecule has 2 aliphatic rings. The van der Waals surface area contributed by atoms with Gasteiger partial charge in [-0.1, -0.05) is 16.8 Å². The molecule has 0 saturated carbocycles. The van der Waals surface area contributed by atoms with Crippen molar-refractivity contribution in [2.24, 2.45) is 0 Å². The van der Waals surface area contributed by atoms with E-state index in [4.69, 9.17) is 25.6 Å². The van der Waals surface area contributed by atoms with E-state index in [-0.39, 0.29) is 19.2 Å². The molecule has 31 heavy (non-hydrogen) atoms. The molecule has 3 heterocycles. The number of amides is 1. The smallest absolute Gasteiger partial charge is 0.253 e. The zero-order chi connectivity index (χ0) is 21.2. The largest absolute Gasteiger partial charge is 0.454 e. The zero-order valence-electron chi connectivity index (χ0n) is 16.8. The Kier molecular flexibility index (Phi) is 5.38. The van der Waals surface area contributed by atoms with E-state index in [2.05, 4.69) is 15.5 Å². The Balaban J connectivity index is 1.27. The average molecular weight is 441 g/mol. The van der Waals surface area contributed by atoms with Crippen LogP contribution < -0.4 is 14.8 Å². The first-order chi connectivity index (χ1) is 15.2. The maximum absolute atomic E-state index is 12.8. The van der Waals surface area contributed by atoms with Crippen molar-refractivity contribution in [1.82, 2.24) is 15.0 Å². The van der Waals surface area contributed by atoms with Crippen molar-refractivity contribution >= 4 is 23.2 Å². The molecule has 5 rings (SSSR count). The molecule has 160 valence electrons. The summed E-state index contributed by atoms with van der Waals surface area (Å²) >= 11 is 6.33. The second kappa shape index (κ2) is 8.47. The van der Waals surface area contributed by atoms with Crippen LogP contribution in [0.25, 0.3) is 11.4 Å². The molecule has 9 heteroatoms. The third-order valence-electron chi connectivity index (χ3n) is 5.39. The summed E-state index contributed by atoms with van der Waals surface area (Å²) in [5.74, 6) is 2.24. The first-order valence-corrected chi connectivity index (χ1v) is 10.6. The van der Waals surface area contributed by atoms with Crippen LogP contribution >= 0.6 is 11.6 Å². The van der Waals surface area contributed by atoms with E-state index in [1.54, 1.807) is 18.2 Å². The highest BCUT2D eigenvalue weighted by atomic mass is 35.5. The molecule has 1 amide bonds. The van der Waals surface area contributed by atoms with E-state index in [9.17, 15) is 4.79 Å². The third-order valence-corrected chi connectivity index (χ3v) is 5.72. The fourth-order valence-corrected chi connectivity index (χ4v) is 3.91. The van der Waals surface area contributed by atoms with Crippen molar-refractivity contribution < 1.29 is 18.8 Å². The van der Waals surface area contributed by atoms with Gasteiger partial charge in [0.25, 0.3) is 5.91 Å². The van der Waals surface area contributed by atoms with E-state index in [0.29, 0.717) is 39.5 Å². The number of anilines is 1. The Labute approximate surface area is 184 Å². The molecule has 2 aromatic carbocycles. The lowest BCUT2D eigenvalue weighted by molar-refractivity contribution is 0.0724. The quantitative estimate of drug-likeness (QED) is 0.630. The molecule has 3 aromatic rings. The molecule has 2 aliphatic heterocycles. The van der Waals surface area contributed by atoms with Gasteiger partial charge in [0.05, 0.1) is 17.3 Å². The predicted octanol–water partition coefficient (Wildman–Crippen LogP) is 4.36. The van der Waals surface area contributed by atoms with Crippen LogP contribution in [0.5, 0.6) is 11.5 Å². The fraction of sp³-hybridized carbons (Fsp3) is 0.318. The Morgan fingerprint density at radius 1 is 1.06 bits per heavy atom. The van der Waals surface area contributed by atoms with Gasteiger partial charge in [-0.15, -0.1) is 0 Å². The van der Waals surface area contributed by atoms with Gasteiger partial charge in [0.2, 0.25) is 18.5 Å². The van der Waals surface area contributed by atoms with Crippen molar-refractivity contribution in [3.63, 3.8) is 0 Å². The molecular weight excluding hydrogens is 420 g/mol. The van der Waals surface area contributed by atoms with Crippen LogP contribution in [-0.2, 0) is 6.54 Å². The Morgan fingerprint density at radius 3 is 2.77 bits per heavy atom. The third kappa shape index (κ3) is 4.16. The number of halogens is 1. The highest BCUT2D eigenvalue weighted by Crippen LogP contribution is 2.35. The Hall–Kier alpha value is -3.26. The maximum atomic E-state index is 12.8. The monoisotopic (exact) mass is 440 g/mol. The first kappa shape index (κ1) is 19.7. The maximum Gasteiger partial charge on any atom is 0.253 e. The van der Waals surface area contributed by atoms with E-state index < -0.39 is 0 Å². The molecule has 0 spiro atoms. The van der Waals surface area contributed by atoms with Crippen molar-refractivity contribution in [3.05, 3.63) is 52.9 Å². The average Bonchev–Trinajstić information content (AvgIpc) is 3.47. The van der Waals surface area contributed by atoms with Crippen LogP contribution in [0.4, 0.5) is 5.69 Å². The number of ether oxygens (including phenoxy) is 2. The van der Waals surface area contributed by atoms with Gasteiger partial charge in [0.15, 0.2) is 11.5 Å². The van der Waals surface area contributed by atoms with Crippen molar-refractivity contribution in [3.8, 4) is 22.9 Å². The molecule has 1 aromatic heterocycles. The number of nitrogens with zero attached hydrogens (tertiary/aromatic N) is 3. The van der Waals surface area contributed by atoms with Crippen LogP contribution in [0.2, 0.25) is 5.02 Å². The molecule has 1 fully saturated rings. The number of aromatic nitrogens is 2. The van der Waals surface area contributed by atoms with Crippen molar-refractivity contribution in [2.75, 3.05) is 25.2 Å². The van der Waals surface area contributed by atoms with Gasteiger partial charge in [-0.3, -0.25) is 4.79 Å². The van der Waals surface area contributed by atoms with Crippen molar-refractivity contribution in [1.29, 1.82) is 0 Å². The molecular formula is C22H21ClN4O4. The summed E-state index contributed by atoms with van der Waals surface area (Å²) in [6.07, 6.45) is 3.27. The highest BCUT2D eigenvalue weighted by molar-refractivity contribution is 6.33. The summed E-state index contributed by atoms with van der Waals surface area (Å²) in [7, 11) is 0. The number of hydrogen-bond donors (Lipinski definition) is 1. The van der Waals surface area contributed by atoms with Crippen LogP contribution in [0.15, 0.2) is 40.9 Å². The molecule has 1 saturated heterocycles. The minimum absolute atomic E-state index is 0.0299. The van der Waals surface area contributed by atoms with Gasteiger partial charge in [-0.25, -0.2) is 0 Å². The van der Waals surface area contributed by atoms with Gasteiger partial charge in [-0.2, -0.15) is 4.98 Å². The number of rotatable bonds is 5. The second-order valence-corrected chi connectivity index (χ2v) is 7.89. The summed E-state index contributed by atoms with van der Waals surface area (Å²) in [4.78, 5) is 19.1. The van der Waals surface area contributed by atoms with Gasteiger partial charge >= 0.3 is 0 Å². The van der Waals surface area contributed by atoms with E-state index >= 15 is 0 Å². The number of nitrogens with one attached hydrogen (secondary N) is 1. The standard InChI is InChI=1S/C22H21ClN4O4/c23-16-6-4-15(22(28)27-8-2-1-3-9-27)10-17(16)24-12-20-25-21(26-31-20)14-5-7-18-19(11-14)30-13-29-18/h4-7,10-11,24H,1-3,8-9,12-13H2. The summed E-state index contributed by atoms with van der Waals surface area (Å²) in [6, 6.07) is 10.7. The summed E-state index contributed by atoms with van der Waals surface area (Å²) in [5, 5.41) is 7.75. The second-order valence-electron chi connectivity index (χ2n) is 7.48. The van der Waals surface area contributed by atoms with Gasteiger partial charge < -0.3 is 24.2 Å². The van der Waals surface area contributed by atoms with Crippen molar-refractivity contribution in [2.45, 2.75) is 25.8 Å². The fourth-order valence-electron chi connectivity index (χ4n) is 3.72.